The summed E-state index contributed by atoms with van der Waals surface area (Å²) in [5.74, 6) is 1.06. The van der Waals surface area contributed by atoms with E-state index in [1.807, 2.05) is 4.90 Å². The van der Waals surface area contributed by atoms with Gasteiger partial charge in [0.2, 0.25) is 5.91 Å². The van der Waals surface area contributed by atoms with E-state index in [1.165, 1.54) is 31.2 Å². The quantitative estimate of drug-likeness (QED) is 0.732. The molecule has 4 heteroatoms. The van der Waals surface area contributed by atoms with Crippen LogP contribution >= 0.6 is 11.3 Å². The van der Waals surface area contributed by atoms with Crippen LogP contribution in [-0.4, -0.2) is 31.1 Å². The van der Waals surface area contributed by atoms with E-state index in [1.54, 1.807) is 18.4 Å². The van der Waals surface area contributed by atoms with Gasteiger partial charge in [-0.05, 0) is 34.7 Å². The van der Waals surface area contributed by atoms with Crippen LogP contribution in [0.2, 0.25) is 0 Å². The first-order valence-electron chi connectivity index (χ1n) is 7.57. The topological polar surface area (TPSA) is 29.5 Å². The number of methoxy groups -OCH3 is 1. The second-order valence-electron chi connectivity index (χ2n) is 5.63. The van der Waals surface area contributed by atoms with Crippen molar-refractivity contribution in [3.63, 3.8) is 0 Å². The SMILES string of the molecule is COCCN(Cc1ccsc1)C(=O)CCC1CCCC1. The summed E-state index contributed by atoms with van der Waals surface area (Å²) in [5.41, 5.74) is 1.22. The molecule has 0 saturated heterocycles. The fourth-order valence-corrected chi connectivity index (χ4v) is 3.54. The summed E-state index contributed by atoms with van der Waals surface area (Å²) < 4.78 is 5.13. The molecule has 1 aliphatic carbocycles. The molecule has 0 spiro atoms. The standard InChI is InChI=1S/C16H25NO2S/c1-19-10-9-17(12-15-8-11-20-13-15)16(18)7-6-14-4-2-3-5-14/h8,11,13-14H,2-7,9-10,12H2,1H3. The Morgan fingerprint density at radius 3 is 2.90 bits per heavy atom. The maximum absolute atomic E-state index is 12.4. The van der Waals surface area contributed by atoms with E-state index in [0.29, 0.717) is 19.6 Å². The highest BCUT2D eigenvalue weighted by Gasteiger charge is 2.19. The Balaban J connectivity index is 1.82. The highest BCUT2D eigenvalue weighted by atomic mass is 32.1. The maximum atomic E-state index is 12.4. The van der Waals surface area contributed by atoms with Gasteiger partial charge in [-0.1, -0.05) is 25.7 Å². The van der Waals surface area contributed by atoms with Gasteiger partial charge in [0, 0.05) is 26.6 Å². The van der Waals surface area contributed by atoms with Crippen molar-refractivity contribution >= 4 is 17.2 Å². The van der Waals surface area contributed by atoms with Crippen LogP contribution in [0.25, 0.3) is 0 Å². The van der Waals surface area contributed by atoms with E-state index < -0.39 is 0 Å². The summed E-state index contributed by atoms with van der Waals surface area (Å²) in [6, 6.07) is 2.09. The largest absolute Gasteiger partial charge is 0.383 e. The van der Waals surface area contributed by atoms with E-state index >= 15 is 0 Å². The van der Waals surface area contributed by atoms with E-state index in [4.69, 9.17) is 4.74 Å². The molecule has 1 aliphatic rings. The van der Waals surface area contributed by atoms with Crippen LogP contribution in [0.5, 0.6) is 0 Å². The van der Waals surface area contributed by atoms with Crippen molar-refractivity contribution in [3.05, 3.63) is 22.4 Å². The fourth-order valence-electron chi connectivity index (χ4n) is 2.88. The molecule has 0 radical (unpaired) electrons. The molecule has 3 nitrogen and oxygen atoms in total. The molecule has 112 valence electrons. The molecule has 2 rings (SSSR count). The molecule has 1 saturated carbocycles. The molecule has 0 atom stereocenters. The van der Waals surface area contributed by atoms with E-state index in [2.05, 4.69) is 16.8 Å². The molecule has 1 amide bonds. The molecule has 1 heterocycles. The smallest absolute Gasteiger partial charge is 0.222 e. The van der Waals surface area contributed by atoms with Crippen LogP contribution in [-0.2, 0) is 16.1 Å². The highest BCUT2D eigenvalue weighted by Crippen LogP contribution is 2.28. The van der Waals surface area contributed by atoms with Crippen molar-refractivity contribution in [2.45, 2.75) is 45.1 Å². The van der Waals surface area contributed by atoms with E-state index in [0.717, 1.165) is 18.9 Å². The summed E-state index contributed by atoms with van der Waals surface area (Å²) in [7, 11) is 1.69. The third kappa shape index (κ3) is 4.91. The lowest BCUT2D eigenvalue weighted by molar-refractivity contribution is -0.132. The number of hydrogen-bond acceptors (Lipinski definition) is 3. The predicted octanol–water partition coefficient (Wildman–Crippen LogP) is 3.69. The monoisotopic (exact) mass is 295 g/mol. The number of amides is 1. The maximum Gasteiger partial charge on any atom is 0.222 e. The predicted molar refractivity (Wildman–Crippen MR) is 82.8 cm³/mol. The van der Waals surface area contributed by atoms with Gasteiger partial charge in [-0.2, -0.15) is 11.3 Å². The van der Waals surface area contributed by atoms with Crippen molar-refractivity contribution in [2.75, 3.05) is 20.3 Å². The van der Waals surface area contributed by atoms with Crippen LogP contribution in [0.4, 0.5) is 0 Å². The lowest BCUT2D eigenvalue weighted by Gasteiger charge is -2.22. The van der Waals surface area contributed by atoms with Gasteiger partial charge in [0.25, 0.3) is 0 Å². The van der Waals surface area contributed by atoms with Crippen LogP contribution in [0.3, 0.4) is 0 Å². The number of rotatable bonds is 8. The van der Waals surface area contributed by atoms with Gasteiger partial charge in [-0.25, -0.2) is 0 Å². The van der Waals surface area contributed by atoms with Crippen LogP contribution in [0.1, 0.15) is 44.1 Å². The number of carbonyl (C=O) groups is 1. The van der Waals surface area contributed by atoms with Crippen LogP contribution < -0.4 is 0 Å². The summed E-state index contributed by atoms with van der Waals surface area (Å²) in [4.78, 5) is 14.4. The second-order valence-corrected chi connectivity index (χ2v) is 6.41. The van der Waals surface area contributed by atoms with Gasteiger partial charge in [0.15, 0.2) is 0 Å². The summed E-state index contributed by atoms with van der Waals surface area (Å²) in [6.45, 7) is 2.02. The first-order chi connectivity index (χ1) is 9.79. The molecular weight excluding hydrogens is 270 g/mol. The van der Waals surface area contributed by atoms with E-state index in [9.17, 15) is 4.79 Å². The number of ether oxygens (including phenoxy) is 1. The van der Waals surface area contributed by atoms with Gasteiger partial charge in [-0.3, -0.25) is 4.79 Å². The van der Waals surface area contributed by atoms with Crippen molar-refractivity contribution in [3.8, 4) is 0 Å². The Morgan fingerprint density at radius 1 is 1.45 bits per heavy atom. The third-order valence-corrected chi connectivity index (χ3v) is 4.84. The Morgan fingerprint density at radius 2 is 2.25 bits per heavy atom. The lowest BCUT2D eigenvalue weighted by atomic mass is 10.0. The van der Waals surface area contributed by atoms with Gasteiger partial charge in [-0.15, -0.1) is 0 Å². The molecule has 0 unspecified atom stereocenters. The number of hydrogen-bond donors (Lipinski definition) is 0. The number of thiophene rings is 1. The van der Waals surface area contributed by atoms with Gasteiger partial charge >= 0.3 is 0 Å². The molecule has 0 aliphatic heterocycles. The summed E-state index contributed by atoms with van der Waals surface area (Å²) >= 11 is 1.68. The Hall–Kier alpha value is -0.870. The Bertz CT molecular complexity index is 385. The lowest BCUT2D eigenvalue weighted by Crippen LogP contribution is -2.33. The highest BCUT2D eigenvalue weighted by molar-refractivity contribution is 7.07. The average Bonchev–Trinajstić information content (AvgIpc) is 3.13. The minimum Gasteiger partial charge on any atom is -0.383 e. The zero-order valence-electron chi connectivity index (χ0n) is 12.3. The van der Waals surface area contributed by atoms with Crippen molar-refractivity contribution in [1.29, 1.82) is 0 Å². The van der Waals surface area contributed by atoms with Gasteiger partial charge < -0.3 is 9.64 Å². The fraction of sp³-hybridized carbons (Fsp3) is 0.688. The Kier molecular flexibility index (Phi) is 6.54. The zero-order chi connectivity index (χ0) is 14.2. The molecule has 1 aromatic heterocycles. The summed E-state index contributed by atoms with van der Waals surface area (Å²) in [6.07, 6.45) is 7.08. The van der Waals surface area contributed by atoms with Crippen LogP contribution in [0, 0.1) is 5.92 Å². The minimum atomic E-state index is 0.278. The zero-order valence-corrected chi connectivity index (χ0v) is 13.2. The molecule has 20 heavy (non-hydrogen) atoms. The third-order valence-electron chi connectivity index (χ3n) is 4.11. The Labute approximate surface area is 125 Å². The van der Waals surface area contributed by atoms with Gasteiger partial charge in [0.1, 0.15) is 0 Å². The minimum absolute atomic E-state index is 0.278. The molecule has 0 bridgehead atoms. The van der Waals surface area contributed by atoms with Crippen molar-refractivity contribution < 1.29 is 9.53 Å². The van der Waals surface area contributed by atoms with Crippen LogP contribution in [0.15, 0.2) is 16.8 Å². The normalized spacial score (nSPS) is 15.7. The van der Waals surface area contributed by atoms with Gasteiger partial charge in [0.05, 0.1) is 6.61 Å². The van der Waals surface area contributed by atoms with Crippen molar-refractivity contribution in [2.24, 2.45) is 5.92 Å². The molecule has 1 aromatic rings. The molecule has 0 aromatic carbocycles. The first-order valence-corrected chi connectivity index (χ1v) is 8.51. The van der Waals surface area contributed by atoms with E-state index in [-0.39, 0.29) is 5.91 Å². The summed E-state index contributed by atoms with van der Waals surface area (Å²) in [5, 5.41) is 4.18. The molecule has 0 N–H and O–H groups in total. The van der Waals surface area contributed by atoms with Crippen molar-refractivity contribution in [1.82, 2.24) is 4.90 Å². The first kappa shape index (κ1) is 15.5. The molecule has 1 fully saturated rings. The number of carbonyl (C=O) groups excluding carboxylic acids is 1. The average molecular weight is 295 g/mol. The molecular formula is C16H25NO2S. The second kappa shape index (κ2) is 8.42. The number of nitrogens with zero attached hydrogens (tertiary/aromatic N) is 1.